The number of rotatable bonds is 3. The molecule has 0 saturated carbocycles. The quantitative estimate of drug-likeness (QED) is 0.266. The van der Waals surface area contributed by atoms with Gasteiger partial charge in [-0.15, -0.1) is 11.3 Å². The SMILES string of the molecule is Cn1nc(-c2ccncc2)c2scc(-c3cccc(-n4cccn4)c3)c2c1=O.O=C(O)C(F)(F)F.O=C(O)C(F)(F)F. The van der Waals surface area contributed by atoms with Crippen LogP contribution in [0, 0.1) is 0 Å². The normalized spacial score (nSPS) is 11.2. The van der Waals surface area contributed by atoms with Crippen LogP contribution in [0.3, 0.4) is 0 Å². The Morgan fingerprint density at radius 2 is 1.48 bits per heavy atom. The Kier molecular flexibility index (Phi) is 9.46. The van der Waals surface area contributed by atoms with Crippen molar-refractivity contribution < 1.29 is 46.1 Å². The Labute approximate surface area is 234 Å². The molecule has 0 radical (unpaired) electrons. The van der Waals surface area contributed by atoms with E-state index in [1.807, 2.05) is 54.0 Å². The molecule has 4 heterocycles. The van der Waals surface area contributed by atoms with Crippen molar-refractivity contribution in [3.63, 3.8) is 0 Å². The highest BCUT2D eigenvalue weighted by molar-refractivity contribution is 7.18. The third kappa shape index (κ3) is 7.57. The van der Waals surface area contributed by atoms with Gasteiger partial charge in [0.1, 0.15) is 5.69 Å². The fourth-order valence-electron chi connectivity index (χ4n) is 3.30. The highest BCUT2D eigenvalue weighted by atomic mass is 32.1. The van der Waals surface area contributed by atoms with Crippen LogP contribution in [0.15, 0.2) is 77.4 Å². The highest BCUT2D eigenvalue weighted by Crippen LogP contribution is 2.37. The summed E-state index contributed by atoms with van der Waals surface area (Å²) in [5.74, 6) is -5.51. The van der Waals surface area contributed by atoms with Gasteiger partial charge in [-0.25, -0.2) is 19.0 Å². The lowest BCUT2D eigenvalue weighted by Gasteiger charge is -2.07. The predicted molar refractivity (Wildman–Crippen MR) is 138 cm³/mol. The van der Waals surface area contributed by atoms with Gasteiger partial charge in [0.15, 0.2) is 0 Å². The fourth-order valence-corrected chi connectivity index (χ4v) is 4.37. The molecule has 0 atom stereocenters. The Bertz CT molecular complexity index is 1730. The molecule has 1 aromatic carbocycles. The minimum absolute atomic E-state index is 0.103. The van der Waals surface area contributed by atoms with Crippen molar-refractivity contribution in [2.45, 2.75) is 12.4 Å². The fraction of sp³-hybridized carbons (Fsp3) is 0.120. The molecule has 5 rings (SSSR count). The molecule has 0 spiro atoms. The molecule has 0 aliphatic carbocycles. The first-order valence-electron chi connectivity index (χ1n) is 11.2. The number of pyridine rings is 1. The van der Waals surface area contributed by atoms with E-state index in [-0.39, 0.29) is 5.56 Å². The summed E-state index contributed by atoms with van der Waals surface area (Å²) in [6, 6.07) is 13.7. The van der Waals surface area contributed by atoms with Crippen molar-refractivity contribution in [3.05, 3.63) is 83.0 Å². The summed E-state index contributed by atoms with van der Waals surface area (Å²) in [7, 11) is 1.69. The van der Waals surface area contributed by atoms with Gasteiger partial charge in [0.25, 0.3) is 5.56 Å². The maximum absolute atomic E-state index is 13.0. The number of thiophene rings is 1. The third-order valence-corrected chi connectivity index (χ3v) is 6.12. The van der Waals surface area contributed by atoms with Crippen LogP contribution in [0.2, 0.25) is 0 Å². The van der Waals surface area contributed by atoms with E-state index in [0.717, 1.165) is 32.8 Å². The number of carbonyl (C=O) groups is 2. The smallest absolute Gasteiger partial charge is 0.475 e. The zero-order valence-corrected chi connectivity index (χ0v) is 21.8. The largest absolute Gasteiger partial charge is 0.490 e. The summed E-state index contributed by atoms with van der Waals surface area (Å²) in [4.78, 5) is 34.8. The van der Waals surface area contributed by atoms with E-state index in [9.17, 15) is 31.1 Å². The van der Waals surface area contributed by atoms with Gasteiger partial charge in [-0.3, -0.25) is 9.78 Å². The van der Waals surface area contributed by atoms with Crippen molar-refractivity contribution >= 4 is 33.4 Å². The topological polar surface area (TPSA) is 140 Å². The predicted octanol–water partition coefficient (Wildman–Crippen LogP) is 5.18. The number of hydrogen-bond acceptors (Lipinski definition) is 7. The molecule has 2 N–H and O–H groups in total. The molecule has 0 aliphatic heterocycles. The number of benzene rings is 1. The standard InChI is InChI=1S/C21H15N5OS.2C2HF3O2/c1-25-21(27)18-17(15-4-2-5-16(12-15)26-11-3-8-23-26)13-28-20(18)19(24-25)14-6-9-22-10-7-14;2*3-2(4,5)1(6)7/h2-13H,1H3;2*(H,6,7). The van der Waals surface area contributed by atoms with E-state index in [1.54, 1.807) is 30.3 Å². The van der Waals surface area contributed by atoms with E-state index in [2.05, 4.69) is 15.2 Å². The molecule has 0 fully saturated rings. The van der Waals surface area contributed by atoms with Crippen LogP contribution in [0.25, 0.3) is 38.2 Å². The van der Waals surface area contributed by atoms with Crippen LogP contribution in [0.5, 0.6) is 0 Å². The van der Waals surface area contributed by atoms with E-state index in [4.69, 9.17) is 19.8 Å². The molecule has 0 saturated heterocycles. The van der Waals surface area contributed by atoms with Crippen LogP contribution in [-0.2, 0) is 16.6 Å². The van der Waals surface area contributed by atoms with Crippen LogP contribution in [0.1, 0.15) is 0 Å². The van der Waals surface area contributed by atoms with Crippen LogP contribution in [0.4, 0.5) is 26.3 Å². The van der Waals surface area contributed by atoms with Gasteiger partial charge in [0, 0.05) is 48.3 Å². The zero-order chi connectivity index (χ0) is 31.2. The number of carboxylic acid groups (broad SMARTS) is 2. The molecule has 0 bridgehead atoms. The average molecular weight is 613 g/mol. The molecule has 10 nitrogen and oxygen atoms in total. The molecule has 0 amide bonds. The monoisotopic (exact) mass is 613 g/mol. The maximum Gasteiger partial charge on any atom is 0.490 e. The first-order valence-corrected chi connectivity index (χ1v) is 12.1. The number of aromatic nitrogens is 5. The van der Waals surface area contributed by atoms with Crippen molar-refractivity contribution in [1.82, 2.24) is 24.5 Å². The first kappa shape index (κ1) is 31.5. The lowest BCUT2D eigenvalue weighted by Crippen LogP contribution is -2.21. The van der Waals surface area contributed by atoms with E-state index in [1.165, 1.54) is 16.0 Å². The number of aliphatic carboxylic acids is 2. The van der Waals surface area contributed by atoms with Crippen LogP contribution < -0.4 is 5.56 Å². The molecule has 4 aromatic heterocycles. The van der Waals surface area contributed by atoms with Gasteiger partial charge < -0.3 is 10.2 Å². The van der Waals surface area contributed by atoms with E-state index in [0.29, 0.717) is 5.39 Å². The second-order valence-corrected chi connectivity index (χ2v) is 8.85. The molecule has 0 aliphatic rings. The highest BCUT2D eigenvalue weighted by Gasteiger charge is 2.38. The number of fused-ring (bicyclic) bond motifs is 1. The first-order chi connectivity index (χ1) is 19.6. The van der Waals surface area contributed by atoms with E-state index < -0.39 is 24.3 Å². The minimum Gasteiger partial charge on any atom is -0.475 e. The number of alkyl halides is 6. The number of aryl methyl sites for hydroxylation is 1. The van der Waals surface area contributed by atoms with Crippen LogP contribution >= 0.6 is 11.3 Å². The summed E-state index contributed by atoms with van der Waals surface area (Å²) in [6.45, 7) is 0. The number of halogens is 6. The van der Waals surface area contributed by atoms with Crippen molar-refractivity contribution in [3.8, 4) is 28.1 Å². The Hall–Kier alpha value is -5.06. The van der Waals surface area contributed by atoms with Gasteiger partial charge in [0.2, 0.25) is 0 Å². The Morgan fingerprint density at radius 1 is 0.881 bits per heavy atom. The lowest BCUT2D eigenvalue weighted by atomic mass is 10.0. The average Bonchev–Trinajstić information content (AvgIpc) is 3.62. The summed E-state index contributed by atoms with van der Waals surface area (Å²) >= 11 is 1.54. The van der Waals surface area contributed by atoms with Gasteiger partial charge in [-0.05, 0) is 35.9 Å². The summed E-state index contributed by atoms with van der Waals surface area (Å²) in [6.07, 6.45) is -3.06. The summed E-state index contributed by atoms with van der Waals surface area (Å²) in [5.41, 5.74) is 4.46. The van der Waals surface area contributed by atoms with Gasteiger partial charge in [-0.2, -0.15) is 36.5 Å². The van der Waals surface area contributed by atoms with Crippen molar-refractivity contribution in [2.24, 2.45) is 7.05 Å². The molecule has 42 heavy (non-hydrogen) atoms. The second-order valence-electron chi connectivity index (χ2n) is 7.97. The summed E-state index contributed by atoms with van der Waals surface area (Å²) in [5, 5.41) is 25.8. The molecule has 5 aromatic rings. The zero-order valence-electron chi connectivity index (χ0n) is 21.0. The van der Waals surface area contributed by atoms with Gasteiger partial charge >= 0.3 is 24.3 Å². The van der Waals surface area contributed by atoms with Crippen molar-refractivity contribution in [1.29, 1.82) is 0 Å². The number of carboxylic acids is 2. The van der Waals surface area contributed by atoms with Gasteiger partial charge in [0.05, 0.1) is 15.8 Å². The van der Waals surface area contributed by atoms with Gasteiger partial charge in [-0.1, -0.05) is 12.1 Å². The molecule has 0 unspecified atom stereocenters. The summed E-state index contributed by atoms with van der Waals surface area (Å²) < 4.78 is 67.6. The molecule has 17 heteroatoms. The number of nitrogens with zero attached hydrogens (tertiary/aromatic N) is 5. The van der Waals surface area contributed by atoms with E-state index >= 15 is 0 Å². The maximum atomic E-state index is 13.0. The molecule has 220 valence electrons. The number of hydrogen-bond donors (Lipinski definition) is 2. The molecular formula is C25H17F6N5O5S. The molecular weight excluding hydrogens is 596 g/mol. The Morgan fingerprint density at radius 3 is 2.00 bits per heavy atom. The minimum atomic E-state index is -5.08. The Balaban J connectivity index is 0.000000289. The van der Waals surface area contributed by atoms with Crippen LogP contribution in [-0.4, -0.2) is 59.0 Å². The second kappa shape index (κ2) is 12.6. The lowest BCUT2D eigenvalue weighted by molar-refractivity contribution is -0.193. The van der Waals surface area contributed by atoms with Crippen molar-refractivity contribution in [2.75, 3.05) is 0 Å². The third-order valence-electron chi connectivity index (χ3n) is 5.13.